The van der Waals surface area contributed by atoms with Crippen molar-refractivity contribution in [2.45, 2.75) is 44.8 Å². The summed E-state index contributed by atoms with van der Waals surface area (Å²) >= 11 is 0. The van der Waals surface area contributed by atoms with Gasteiger partial charge in [0.15, 0.2) is 0 Å². The number of hydrogen-bond acceptors (Lipinski definition) is 3. The van der Waals surface area contributed by atoms with Crippen molar-refractivity contribution >= 4 is 10.1 Å². The van der Waals surface area contributed by atoms with E-state index in [2.05, 4.69) is 10.2 Å². The van der Waals surface area contributed by atoms with Crippen LogP contribution in [0, 0.1) is 0 Å². The summed E-state index contributed by atoms with van der Waals surface area (Å²) in [6, 6.07) is 0. The third-order valence-corrected chi connectivity index (χ3v) is 3.85. The van der Waals surface area contributed by atoms with Crippen LogP contribution in [-0.4, -0.2) is 23.2 Å². The third-order valence-electron chi connectivity index (χ3n) is 2.66. The maximum atomic E-state index is 11.6. The molecule has 0 spiro atoms. The fourth-order valence-electron chi connectivity index (χ4n) is 1.91. The van der Waals surface area contributed by atoms with Crippen molar-refractivity contribution in [3.8, 4) is 0 Å². The molecular weight excluding hydrogens is 244 g/mol. The Bertz CT molecular complexity index is 527. The second-order valence-electron chi connectivity index (χ2n) is 4.35. The minimum absolute atomic E-state index is 0.110. The number of nitrogens with one attached hydrogen (secondary N) is 2. The molecule has 0 aliphatic heterocycles. The lowest BCUT2D eigenvalue weighted by atomic mass is 10.0. The summed E-state index contributed by atoms with van der Waals surface area (Å²) in [6.07, 6.45) is 0.863. The first kappa shape index (κ1) is 14.0. The molecule has 17 heavy (non-hydrogen) atoms. The fraction of sp³-hybridized carbons (Fsp3) is 0.700. The molecule has 7 heteroatoms. The number of hydrogen-bond donors (Lipinski definition) is 3. The van der Waals surface area contributed by atoms with Gasteiger partial charge < -0.3 is 5.10 Å². The van der Waals surface area contributed by atoms with E-state index in [1.807, 2.05) is 6.92 Å². The summed E-state index contributed by atoms with van der Waals surface area (Å²) in [5.74, 6) is -0.110. The van der Waals surface area contributed by atoms with Gasteiger partial charge in [-0.25, -0.2) is 0 Å². The predicted octanol–water partition coefficient (Wildman–Crippen LogP) is 1.56. The molecular formula is C10H18N2O4S. The molecule has 1 rings (SSSR count). The first-order chi connectivity index (χ1) is 7.79. The summed E-state index contributed by atoms with van der Waals surface area (Å²) in [6.45, 7) is 5.42. The molecule has 0 radical (unpaired) electrons. The van der Waals surface area contributed by atoms with E-state index < -0.39 is 15.4 Å². The van der Waals surface area contributed by atoms with Gasteiger partial charge in [-0.2, -0.15) is 8.42 Å². The van der Waals surface area contributed by atoms with E-state index in [-0.39, 0.29) is 23.6 Å². The van der Waals surface area contributed by atoms with E-state index in [1.165, 1.54) is 0 Å². The fourth-order valence-corrected chi connectivity index (χ4v) is 2.93. The summed E-state index contributed by atoms with van der Waals surface area (Å²) in [7, 11) is -4.21. The zero-order chi connectivity index (χ0) is 13.2. The molecule has 0 fully saturated rings. The standard InChI is InChI=1S/C10H18N2O4S/c1-4-5-7(17(14,15)16)9-8(6(2)3)10(13)12-11-9/h6-7H,4-5H2,1-3H3,(H2,11,12,13)(H,14,15,16). The highest BCUT2D eigenvalue weighted by Gasteiger charge is 2.30. The first-order valence-corrected chi connectivity index (χ1v) is 7.06. The average Bonchev–Trinajstić information content (AvgIpc) is 2.54. The van der Waals surface area contributed by atoms with Gasteiger partial charge in [0.25, 0.3) is 15.7 Å². The van der Waals surface area contributed by atoms with Gasteiger partial charge in [0, 0.05) is 5.56 Å². The first-order valence-electron chi connectivity index (χ1n) is 5.55. The summed E-state index contributed by atoms with van der Waals surface area (Å²) in [4.78, 5) is 11.6. The zero-order valence-electron chi connectivity index (χ0n) is 10.1. The highest BCUT2D eigenvalue weighted by Crippen LogP contribution is 2.29. The zero-order valence-corrected chi connectivity index (χ0v) is 11.0. The van der Waals surface area contributed by atoms with E-state index in [9.17, 15) is 17.8 Å². The molecule has 0 saturated heterocycles. The van der Waals surface area contributed by atoms with Gasteiger partial charge in [-0.3, -0.25) is 14.4 Å². The number of rotatable bonds is 5. The van der Waals surface area contributed by atoms with Gasteiger partial charge in [0.05, 0.1) is 5.69 Å². The van der Waals surface area contributed by atoms with E-state index in [4.69, 9.17) is 0 Å². The molecule has 3 N–H and O–H groups in total. The van der Waals surface area contributed by atoms with E-state index >= 15 is 0 Å². The largest absolute Gasteiger partial charge is 0.301 e. The molecule has 0 aromatic carbocycles. The van der Waals surface area contributed by atoms with Crippen LogP contribution >= 0.6 is 0 Å². The highest BCUT2D eigenvalue weighted by atomic mass is 32.2. The van der Waals surface area contributed by atoms with Crippen molar-refractivity contribution in [1.82, 2.24) is 10.2 Å². The lowest BCUT2D eigenvalue weighted by molar-refractivity contribution is 0.460. The van der Waals surface area contributed by atoms with Crippen LogP contribution in [0.5, 0.6) is 0 Å². The monoisotopic (exact) mass is 262 g/mol. The van der Waals surface area contributed by atoms with E-state index in [1.54, 1.807) is 13.8 Å². The van der Waals surface area contributed by atoms with Crippen LogP contribution in [0.1, 0.15) is 56.0 Å². The van der Waals surface area contributed by atoms with Crippen LogP contribution < -0.4 is 5.56 Å². The normalized spacial score (nSPS) is 14.2. The van der Waals surface area contributed by atoms with Crippen molar-refractivity contribution in [2.24, 2.45) is 0 Å². The van der Waals surface area contributed by atoms with Gasteiger partial charge >= 0.3 is 0 Å². The summed E-state index contributed by atoms with van der Waals surface area (Å²) in [5, 5.41) is 3.88. The molecule has 0 aliphatic rings. The van der Waals surface area contributed by atoms with E-state index in [0.717, 1.165) is 0 Å². The van der Waals surface area contributed by atoms with Crippen molar-refractivity contribution in [3.05, 3.63) is 21.6 Å². The van der Waals surface area contributed by atoms with E-state index in [0.29, 0.717) is 12.0 Å². The quantitative estimate of drug-likeness (QED) is 0.700. The molecule has 1 atom stereocenters. The summed E-state index contributed by atoms with van der Waals surface area (Å²) in [5.41, 5.74) is 0.329. The second kappa shape index (κ2) is 5.05. The molecule has 6 nitrogen and oxygen atoms in total. The molecule has 0 bridgehead atoms. The van der Waals surface area contributed by atoms with Gasteiger partial charge in [0.1, 0.15) is 5.25 Å². The maximum Gasteiger partial charge on any atom is 0.273 e. The van der Waals surface area contributed by atoms with Crippen LogP contribution in [0.3, 0.4) is 0 Å². The Balaban J connectivity index is 3.34. The molecule has 1 unspecified atom stereocenters. The Morgan fingerprint density at radius 2 is 1.88 bits per heavy atom. The van der Waals surface area contributed by atoms with Crippen molar-refractivity contribution in [2.75, 3.05) is 0 Å². The molecule has 1 heterocycles. The van der Waals surface area contributed by atoms with Crippen molar-refractivity contribution < 1.29 is 13.0 Å². The minimum Gasteiger partial charge on any atom is -0.301 e. The van der Waals surface area contributed by atoms with Gasteiger partial charge in [-0.05, 0) is 12.3 Å². The van der Waals surface area contributed by atoms with Gasteiger partial charge in [0.2, 0.25) is 0 Å². The second-order valence-corrected chi connectivity index (χ2v) is 5.95. The lowest BCUT2D eigenvalue weighted by Crippen LogP contribution is -2.16. The number of H-pyrrole nitrogens is 2. The Morgan fingerprint density at radius 3 is 2.29 bits per heavy atom. The molecule has 0 aliphatic carbocycles. The van der Waals surface area contributed by atoms with Crippen LogP contribution in [-0.2, 0) is 10.1 Å². The molecule has 1 aromatic heterocycles. The van der Waals surface area contributed by atoms with Gasteiger partial charge in [-0.15, -0.1) is 0 Å². The highest BCUT2D eigenvalue weighted by molar-refractivity contribution is 7.86. The number of aromatic nitrogens is 2. The SMILES string of the molecule is CCCC(c1[nH][nH]c(=O)c1C(C)C)S(=O)(=O)O. The topological polar surface area (TPSA) is 103 Å². The Morgan fingerprint density at radius 1 is 1.29 bits per heavy atom. The number of aromatic amines is 2. The third kappa shape index (κ3) is 2.98. The lowest BCUT2D eigenvalue weighted by Gasteiger charge is -2.14. The van der Waals surface area contributed by atoms with Crippen LogP contribution in [0.25, 0.3) is 0 Å². The molecule has 1 aromatic rings. The molecule has 0 saturated carbocycles. The van der Waals surface area contributed by atoms with Crippen molar-refractivity contribution in [1.29, 1.82) is 0 Å². The molecule has 98 valence electrons. The Hall–Kier alpha value is -1.08. The van der Waals surface area contributed by atoms with Gasteiger partial charge in [-0.1, -0.05) is 27.2 Å². The average molecular weight is 262 g/mol. The maximum absolute atomic E-state index is 11.6. The summed E-state index contributed by atoms with van der Waals surface area (Å²) < 4.78 is 31.9. The smallest absolute Gasteiger partial charge is 0.273 e. The van der Waals surface area contributed by atoms with Crippen molar-refractivity contribution in [3.63, 3.8) is 0 Å². The van der Waals surface area contributed by atoms with Crippen LogP contribution in [0.2, 0.25) is 0 Å². The Labute approximate surface area is 100 Å². The van der Waals surface area contributed by atoms with Crippen LogP contribution in [0.15, 0.2) is 4.79 Å². The minimum atomic E-state index is -4.21. The predicted molar refractivity (Wildman–Crippen MR) is 64.7 cm³/mol. The molecule has 0 amide bonds. The van der Waals surface area contributed by atoms with Crippen LogP contribution in [0.4, 0.5) is 0 Å². The Kier molecular flexibility index (Phi) is 4.16.